The summed E-state index contributed by atoms with van der Waals surface area (Å²) >= 11 is 0. The summed E-state index contributed by atoms with van der Waals surface area (Å²) in [4.78, 5) is 56.6. The highest BCUT2D eigenvalue weighted by Crippen LogP contribution is 2.53. The van der Waals surface area contributed by atoms with Crippen LogP contribution in [0.15, 0.2) is 0 Å². The maximum atomic E-state index is 9.63. The lowest BCUT2D eigenvalue weighted by Crippen LogP contribution is -2.24. The standard InChI is InChI=1S/3H3N.H4O7P2.H3O4P/c;;;1-8(2,3)7-9(4,5)6;1-5(2,3)4/h3*1H3;(H2,1,2,3)(H2,4,5,6);(H3,1,2,3,4). The number of hydrogen-bond donors (Lipinski definition) is 7. The monoisotopic (exact) mass is 327 g/mol. The molecule has 0 aliphatic rings. The van der Waals surface area contributed by atoms with E-state index in [2.05, 4.69) is 4.31 Å². The Hall–Kier alpha value is 0.250. The molecule has 17 heteroatoms. The van der Waals surface area contributed by atoms with Crippen LogP contribution in [0.25, 0.3) is 0 Å². The highest BCUT2D eigenvalue weighted by molar-refractivity contribution is 7.60. The Morgan fingerprint density at radius 3 is 0.824 bits per heavy atom. The average molecular weight is 327 g/mol. The molecule has 0 heterocycles. The van der Waals surface area contributed by atoms with Crippen LogP contribution in [0.4, 0.5) is 0 Å². The van der Waals surface area contributed by atoms with Crippen LogP contribution in [0.3, 0.4) is 0 Å². The maximum absolute atomic E-state index is 9.63. The predicted octanol–water partition coefficient (Wildman–Crippen LogP) is -2.51. The fourth-order valence-electron chi connectivity index (χ4n) is 0.139. The van der Waals surface area contributed by atoms with Crippen molar-refractivity contribution in [1.82, 2.24) is 18.5 Å². The Morgan fingerprint density at radius 1 is 0.706 bits per heavy atom. The van der Waals surface area contributed by atoms with E-state index in [9.17, 15) is 9.13 Å². The van der Waals surface area contributed by atoms with Crippen LogP contribution in [0.2, 0.25) is 0 Å². The zero-order valence-electron chi connectivity index (χ0n) is 8.99. The zero-order valence-corrected chi connectivity index (χ0v) is 11.7. The quantitative estimate of drug-likeness (QED) is 0.259. The van der Waals surface area contributed by atoms with Crippen molar-refractivity contribution >= 4 is 23.5 Å². The van der Waals surface area contributed by atoms with Crippen LogP contribution in [-0.2, 0) is 18.0 Å². The minimum Gasteiger partial charge on any atom is -0.822 e. The third-order valence-electron chi connectivity index (χ3n) is 0.213. The Bertz CT molecular complexity index is 265. The Morgan fingerprint density at radius 2 is 0.824 bits per heavy atom. The highest BCUT2D eigenvalue weighted by Gasteiger charge is 2.27. The molecule has 0 bridgehead atoms. The van der Waals surface area contributed by atoms with Gasteiger partial charge in [0.25, 0.3) is 0 Å². The average Bonchev–Trinajstić information content (AvgIpc) is 1.42. The normalized spacial score (nSPS) is 10.8. The first-order chi connectivity index (χ1) is 5.71. The summed E-state index contributed by atoms with van der Waals surface area (Å²) in [5, 5.41) is 0. The molecule has 0 amide bonds. The summed E-state index contributed by atoms with van der Waals surface area (Å²) in [5.74, 6) is 0. The van der Waals surface area contributed by atoms with Crippen LogP contribution in [0.5, 0.6) is 0 Å². The van der Waals surface area contributed by atoms with E-state index in [0.717, 1.165) is 0 Å². The van der Waals surface area contributed by atoms with Gasteiger partial charge in [-0.15, -0.1) is 0 Å². The van der Waals surface area contributed by atoms with E-state index in [1.165, 1.54) is 0 Å². The molecular weight excluding hydrogens is 311 g/mol. The van der Waals surface area contributed by atoms with Gasteiger partial charge in [0.15, 0.2) is 0 Å². The molecule has 0 saturated carbocycles. The zero-order chi connectivity index (χ0) is 12.2. The topological polar surface area (TPSA) is 320 Å². The van der Waals surface area contributed by atoms with Gasteiger partial charge in [-0.3, -0.25) is 0 Å². The van der Waals surface area contributed by atoms with Crippen molar-refractivity contribution in [3.8, 4) is 0 Å². The summed E-state index contributed by atoms with van der Waals surface area (Å²) in [6.07, 6.45) is 0. The second-order valence-electron chi connectivity index (χ2n) is 1.51. The van der Waals surface area contributed by atoms with Gasteiger partial charge in [-0.2, -0.15) is 12.1 Å². The summed E-state index contributed by atoms with van der Waals surface area (Å²) in [5.41, 5.74) is 0. The SMILES string of the molecule is O=P(O)(O)OP(=O)(O)O.O=P([O-])([O-])[O-].[NH4+].[NH4+].[NH4+]. The molecule has 0 atom stereocenters. The molecule has 0 rings (SSSR count). The molecule has 0 aliphatic heterocycles. The van der Waals surface area contributed by atoms with Crippen LogP contribution >= 0.6 is 23.5 Å². The van der Waals surface area contributed by atoms with Gasteiger partial charge in [-0.25, -0.2) is 9.13 Å². The largest absolute Gasteiger partial charge is 0.822 e. The number of phosphoric acid groups is 3. The molecule has 0 unspecified atom stereocenters. The molecule has 0 aromatic rings. The molecule has 112 valence electrons. The molecule has 0 spiro atoms. The van der Waals surface area contributed by atoms with Crippen molar-refractivity contribution in [3.05, 3.63) is 0 Å². The molecule has 16 N–H and O–H groups in total. The second kappa shape index (κ2) is 10.2. The molecular formula is H16N3O11P3. The third-order valence-corrected chi connectivity index (χ3v) is 1.91. The van der Waals surface area contributed by atoms with E-state index < -0.39 is 23.5 Å². The summed E-state index contributed by atoms with van der Waals surface area (Å²) in [6, 6.07) is 0. The summed E-state index contributed by atoms with van der Waals surface area (Å²) < 4.78 is 30.8. The van der Waals surface area contributed by atoms with Gasteiger partial charge in [0.1, 0.15) is 0 Å². The lowest BCUT2D eigenvalue weighted by Gasteiger charge is -2.36. The molecule has 0 saturated heterocycles. The number of quaternary nitrogens is 3. The van der Waals surface area contributed by atoms with E-state index in [-0.39, 0.29) is 18.5 Å². The van der Waals surface area contributed by atoms with Gasteiger partial charge >= 0.3 is 15.6 Å². The van der Waals surface area contributed by atoms with Gasteiger partial charge in [-0.1, -0.05) is 0 Å². The van der Waals surface area contributed by atoms with Gasteiger partial charge in [0.05, 0.1) is 0 Å². The minimum atomic E-state index is -5.39. The molecule has 0 aromatic heterocycles. The van der Waals surface area contributed by atoms with Gasteiger partial charge in [-0.05, 0) is 0 Å². The van der Waals surface area contributed by atoms with Crippen LogP contribution in [0, 0.1) is 0 Å². The van der Waals surface area contributed by atoms with Crippen molar-refractivity contribution in [2.24, 2.45) is 0 Å². The van der Waals surface area contributed by atoms with Crippen LogP contribution in [-0.4, -0.2) is 19.6 Å². The molecule has 0 radical (unpaired) electrons. The van der Waals surface area contributed by atoms with Gasteiger partial charge in [0, 0.05) is 0 Å². The van der Waals surface area contributed by atoms with Crippen molar-refractivity contribution < 1.29 is 52.3 Å². The van der Waals surface area contributed by atoms with Crippen LogP contribution < -0.4 is 33.1 Å². The maximum Gasteiger partial charge on any atom is 0.478 e. The van der Waals surface area contributed by atoms with E-state index in [1.54, 1.807) is 0 Å². The van der Waals surface area contributed by atoms with Gasteiger partial charge < -0.3 is 57.3 Å². The lowest BCUT2D eigenvalue weighted by atomic mass is 14.0. The first-order valence-corrected chi connectivity index (χ1v) is 6.78. The van der Waals surface area contributed by atoms with E-state index in [1.807, 2.05) is 0 Å². The first-order valence-electron chi connectivity index (χ1n) is 2.26. The fraction of sp³-hybridized carbons (Fsp3) is 0. The summed E-state index contributed by atoms with van der Waals surface area (Å²) in [7, 11) is -15.5. The smallest absolute Gasteiger partial charge is 0.478 e. The van der Waals surface area contributed by atoms with E-state index in [0.29, 0.717) is 0 Å². The molecule has 0 fully saturated rings. The van der Waals surface area contributed by atoms with E-state index >= 15 is 0 Å². The van der Waals surface area contributed by atoms with Crippen molar-refractivity contribution in [1.29, 1.82) is 0 Å². The minimum absolute atomic E-state index is 0. The van der Waals surface area contributed by atoms with Gasteiger partial charge in [0.2, 0.25) is 0 Å². The summed E-state index contributed by atoms with van der Waals surface area (Å²) in [6.45, 7) is 0. The van der Waals surface area contributed by atoms with Crippen molar-refractivity contribution in [3.63, 3.8) is 0 Å². The Kier molecular flexibility index (Phi) is 18.2. The Labute approximate surface area is 95.1 Å². The molecule has 17 heavy (non-hydrogen) atoms. The highest BCUT2D eigenvalue weighted by atomic mass is 31.3. The van der Waals surface area contributed by atoms with Crippen molar-refractivity contribution in [2.45, 2.75) is 0 Å². The lowest BCUT2D eigenvalue weighted by molar-refractivity contribution is -0.432. The number of hydrogen-bond acceptors (Lipinski definition) is 7. The van der Waals surface area contributed by atoms with Crippen LogP contribution in [0.1, 0.15) is 0 Å². The molecule has 14 nitrogen and oxygen atoms in total. The van der Waals surface area contributed by atoms with E-state index in [4.69, 9.17) is 38.8 Å². The fourth-order valence-corrected chi connectivity index (χ4v) is 1.25. The Balaban J connectivity index is -0.0000000533. The first kappa shape index (κ1) is 30.4. The molecule has 0 aromatic carbocycles. The third kappa shape index (κ3) is 84.5. The molecule has 0 aliphatic carbocycles. The number of rotatable bonds is 2. The predicted molar refractivity (Wildman–Crippen MR) is 50.7 cm³/mol. The van der Waals surface area contributed by atoms with Crippen molar-refractivity contribution in [2.75, 3.05) is 0 Å². The second-order valence-corrected chi connectivity index (χ2v) is 5.02.